The van der Waals surface area contributed by atoms with Gasteiger partial charge in [-0.25, -0.2) is 4.98 Å². The van der Waals surface area contributed by atoms with Crippen molar-refractivity contribution in [2.75, 3.05) is 14.2 Å². The number of benzene rings is 1. The molecule has 2 aromatic heterocycles. The first-order valence-electron chi connectivity index (χ1n) is 9.73. The average molecular weight is 418 g/mol. The van der Waals surface area contributed by atoms with Crippen molar-refractivity contribution in [3.05, 3.63) is 54.0 Å². The zero-order valence-corrected chi connectivity index (χ0v) is 17.1. The molecule has 1 saturated heterocycles. The Morgan fingerprint density at radius 1 is 1.35 bits per heavy atom. The van der Waals surface area contributed by atoms with Crippen molar-refractivity contribution in [3.8, 4) is 29.4 Å². The Balaban J connectivity index is 0.000000212. The fraction of sp³-hybridized carbons (Fsp3) is 0.261. The van der Waals surface area contributed by atoms with Crippen LogP contribution in [0.3, 0.4) is 0 Å². The number of imidazole rings is 1. The summed E-state index contributed by atoms with van der Waals surface area (Å²) in [6.45, 7) is 0. The molecule has 2 amide bonds. The Morgan fingerprint density at radius 2 is 2.13 bits per heavy atom. The maximum absolute atomic E-state index is 11.6. The van der Waals surface area contributed by atoms with E-state index in [-0.39, 0.29) is 17.6 Å². The maximum Gasteiger partial charge on any atom is 0.285 e. The Bertz CT molecular complexity index is 1210. The van der Waals surface area contributed by atoms with Crippen LogP contribution in [0.1, 0.15) is 22.6 Å². The van der Waals surface area contributed by atoms with Crippen molar-refractivity contribution in [3.63, 3.8) is 0 Å². The number of amides is 2. The summed E-state index contributed by atoms with van der Waals surface area (Å²) >= 11 is 0. The molecule has 3 atom stereocenters. The minimum absolute atomic E-state index is 0.101. The number of hydrogen-bond acceptors (Lipinski definition) is 5. The van der Waals surface area contributed by atoms with Crippen LogP contribution >= 0.6 is 0 Å². The normalized spacial score (nSPS) is 21.2. The lowest BCUT2D eigenvalue weighted by atomic mass is 10.1. The number of carbonyl (C=O) groups is 2. The van der Waals surface area contributed by atoms with Crippen LogP contribution in [-0.4, -0.2) is 57.5 Å². The highest BCUT2D eigenvalue weighted by atomic mass is 16.5. The van der Waals surface area contributed by atoms with Crippen LogP contribution in [0.4, 0.5) is 0 Å². The number of aliphatic hydroxyl groups is 1. The summed E-state index contributed by atoms with van der Waals surface area (Å²) in [7, 11) is 3.33. The smallest absolute Gasteiger partial charge is 0.285 e. The zero-order chi connectivity index (χ0) is 22.3. The molecule has 3 unspecified atom stereocenters. The molecule has 1 aliphatic carbocycles. The van der Waals surface area contributed by atoms with E-state index in [1.54, 1.807) is 41.8 Å². The van der Waals surface area contributed by atoms with E-state index in [2.05, 4.69) is 10.9 Å². The quantitative estimate of drug-likeness (QED) is 0.623. The van der Waals surface area contributed by atoms with Gasteiger partial charge in [-0.15, -0.1) is 6.42 Å². The number of aromatic nitrogens is 2. The lowest BCUT2D eigenvalue weighted by Crippen LogP contribution is -2.30. The van der Waals surface area contributed by atoms with Gasteiger partial charge in [0.05, 0.1) is 18.3 Å². The second-order valence-electron chi connectivity index (χ2n) is 7.56. The summed E-state index contributed by atoms with van der Waals surface area (Å²) in [5, 5.41) is 9.09. The zero-order valence-electron chi connectivity index (χ0n) is 17.1. The molecule has 3 aromatic rings. The molecule has 3 N–H and O–H groups in total. The second-order valence-corrected chi connectivity index (χ2v) is 7.56. The van der Waals surface area contributed by atoms with Gasteiger partial charge in [-0.1, -0.05) is 18.1 Å². The van der Waals surface area contributed by atoms with E-state index < -0.39 is 12.0 Å². The van der Waals surface area contributed by atoms with Gasteiger partial charge in [0.2, 0.25) is 5.82 Å². The molecule has 2 fully saturated rings. The summed E-state index contributed by atoms with van der Waals surface area (Å²) in [6.07, 6.45) is 7.47. The minimum Gasteiger partial charge on any atom is -0.497 e. The number of carbonyl (C=O) groups excluding carboxylic acids is 2. The lowest BCUT2D eigenvalue weighted by molar-refractivity contribution is -0.135. The van der Waals surface area contributed by atoms with Gasteiger partial charge in [0.15, 0.2) is 0 Å². The Kier molecular flexibility index (Phi) is 5.13. The highest BCUT2D eigenvalue weighted by Crippen LogP contribution is 2.44. The molecule has 1 aliphatic heterocycles. The third-order valence-corrected chi connectivity index (χ3v) is 5.68. The van der Waals surface area contributed by atoms with Crippen LogP contribution in [0, 0.1) is 18.3 Å². The highest BCUT2D eigenvalue weighted by Gasteiger charge is 2.56. The van der Waals surface area contributed by atoms with E-state index in [1.807, 2.05) is 24.3 Å². The Hall–Kier alpha value is -3.83. The number of hydrogen-bond donors (Lipinski definition) is 2. The summed E-state index contributed by atoms with van der Waals surface area (Å²) < 4.78 is 6.88. The monoisotopic (exact) mass is 418 g/mol. The number of terminal acetylenes is 1. The molecular weight excluding hydrogens is 396 g/mol. The number of methoxy groups -OCH3 is 1. The Labute approximate surface area is 179 Å². The van der Waals surface area contributed by atoms with Crippen molar-refractivity contribution in [2.24, 2.45) is 11.7 Å². The summed E-state index contributed by atoms with van der Waals surface area (Å²) in [6, 6.07) is 11.3. The Morgan fingerprint density at radius 3 is 2.68 bits per heavy atom. The SMILES string of the molecule is C#Cc1cccc(-c2nc(C(N)=O)n3ccc(OC)cc23)c1.CN1C(=O)C(O)C2CC21. The van der Waals surface area contributed by atoms with E-state index in [0.29, 0.717) is 17.5 Å². The number of pyridine rings is 1. The number of primary amides is 1. The molecule has 1 aromatic carbocycles. The van der Waals surface area contributed by atoms with E-state index in [0.717, 1.165) is 23.1 Å². The number of aliphatic hydroxyl groups excluding tert-OH is 1. The van der Waals surface area contributed by atoms with Crippen molar-refractivity contribution in [1.29, 1.82) is 0 Å². The van der Waals surface area contributed by atoms with Crippen molar-refractivity contribution < 1.29 is 19.4 Å². The van der Waals surface area contributed by atoms with Gasteiger partial charge >= 0.3 is 0 Å². The predicted molar refractivity (Wildman–Crippen MR) is 114 cm³/mol. The predicted octanol–water partition coefficient (Wildman–Crippen LogP) is 1.30. The number of fused-ring (bicyclic) bond motifs is 2. The van der Waals surface area contributed by atoms with Crippen LogP contribution in [0.15, 0.2) is 42.6 Å². The molecule has 5 rings (SSSR count). The molecule has 0 radical (unpaired) electrons. The van der Waals surface area contributed by atoms with Gasteiger partial charge in [-0.05, 0) is 24.6 Å². The van der Waals surface area contributed by atoms with Gasteiger partial charge in [0.25, 0.3) is 11.8 Å². The van der Waals surface area contributed by atoms with E-state index in [4.69, 9.17) is 22.0 Å². The van der Waals surface area contributed by atoms with Gasteiger partial charge < -0.3 is 20.5 Å². The van der Waals surface area contributed by atoms with Crippen molar-refractivity contribution in [2.45, 2.75) is 18.6 Å². The first-order valence-corrected chi connectivity index (χ1v) is 9.73. The molecule has 8 nitrogen and oxygen atoms in total. The van der Waals surface area contributed by atoms with Gasteiger partial charge in [0, 0.05) is 42.4 Å². The topological polar surface area (TPSA) is 110 Å². The van der Waals surface area contributed by atoms with Crippen LogP contribution in [0.5, 0.6) is 5.75 Å². The molecule has 0 bridgehead atoms. The summed E-state index contributed by atoms with van der Waals surface area (Å²) in [5.41, 5.74) is 8.32. The standard InChI is InChI=1S/C17H13N3O2.C6H9NO2/c1-3-11-5-4-6-12(9-11)15-14-10-13(22-2)7-8-20(14)17(19-15)16(18)21;1-7-4-2-3(4)5(8)6(7)9/h1,4-10H,2H3,(H2,18,21);3-5,8H,2H2,1H3. The molecule has 8 heteroatoms. The van der Waals surface area contributed by atoms with E-state index >= 15 is 0 Å². The minimum atomic E-state index is -0.681. The third kappa shape index (κ3) is 3.60. The first kappa shape index (κ1) is 20.4. The van der Waals surface area contributed by atoms with Gasteiger partial charge in [-0.3, -0.25) is 14.0 Å². The van der Waals surface area contributed by atoms with Crippen LogP contribution in [-0.2, 0) is 4.79 Å². The van der Waals surface area contributed by atoms with E-state index in [1.165, 1.54) is 0 Å². The second kappa shape index (κ2) is 7.78. The first-order chi connectivity index (χ1) is 14.8. The largest absolute Gasteiger partial charge is 0.497 e. The number of rotatable bonds is 3. The number of nitrogens with two attached hydrogens (primary N) is 1. The van der Waals surface area contributed by atoms with Crippen molar-refractivity contribution in [1.82, 2.24) is 14.3 Å². The number of nitrogens with zero attached hydrogens (tertiary/aromatic N) is 3. The molecular formula is C23H22N4O4. The highest BCUT2D eigenvalue weighted by molar-refractivity contribution is 5.93. The number of piperidine rings is 1. The molecule has 158 valence electrons. The summed E-state index contributed by atoms with van der Waals surface area (Å²) in [4.78, 5) is 28.5. The molecule has 31 heavy (non-hydrogen) atoms. The number of likely N-dealkylation sites (N-methyl/N-ethyl adjacent to an activating group) is 1. The molecule has 1 saturated carbocycles. The summed E-state index contributed by atoms with van der Waals surface area (Å²) in [5.74, 6) is 2.98. The lowest BCUT2D eigenvalue weighted by Gasteiger charge is -2.10. The fourth-order valence-electron chi connectivity index (χ4n) is 3.87. The third-order valence-electron chi connectivity index (χ3n) is 5.68. The van der Waals surface area contributed by atoms with Gasteiger partial charge in [-0.2, -0.15) is 0 Å². The molecule has 2 aliphatic rings. The van der Waals surface area contributed by atoms with Crippen molar-refractivity contribution >= 4 is 17.3 Å². The molecule has 0 spiro atoms. The molecule has 3 heterocycles. The average Bonchev–Trinajstić information content (AvgIpc) is 3.45. The number of likely N-dealkylation sites (tertiary alicyclic amines) is 1. The maximum atomic E-state index is 11.6. The van der Waals surface area contributed by atoms with Crippen LogP contribution in [0.2, 0.25) is 0 Å². The van der Waals surface area contributed by atoms with Crippen LogP contribution < -0.4 is 10.5 Å². The fourth-order valence-corrected chi connectivity index (χ4v) is 3.87. The van der Waals surface area contributed by atoms with Crippen LogP contribution in [0.25, 0.3) is 16.8 Å². The van der Waals surface area contributed by atoms with Gasteiger partial charge in [0.1, 0.15) is 11.9 Å². The van der Waals surface area contributed by atoms with E-state index in [9.17, 15) is 9.59 Å². The number of ether oxygens (including phenoxy) is 1.